The van der Waals surface area contributed by atoms with Gasteiger partial charge in [0.2, 0.25) is 0 Å². The summed E-state index contributed by atoms with van der Waals surface area (Å²) < 4.78 is 10.5. The summed E-state index contributed by atoms with van der Waals surface area (Å²) in [6, 6.07) is 7.05. The Kier molecular flexibility index (Phi) is 8.98. The highest BCUT2D eigenvalue weighted by atomic mass is 16.5. The van der Waals surface area contributed by atoms with E-state index < -0.39 is 5.97 Å². The van der Waals surface area contributed by atoms with Crippen molar-refractivity contribution < 1.29 is 23.9 Å². The van der Waals surface area contributed by atoms with Crippen LogP contribution in [0.25, 0.3) is 0 Å². The fourth-order valence-electron chi connectivity index (χ4n) is 3.21. The minimum Gasteiger partial charge on any atom is -0.494 e. The number of carbonyl (C=O) groups is 3. The van der Waals surface area contributed by atoms with Gasteiger partial charge in [0.25, 0.3) is 5.91 Å². The number of benzene rings is 1. The van der Waals surface area contributed by atoms with Gasteiger partial charge in [-0.1, -0.05) is 13.8 Å². The summed E-state index contributed by atoms with van der Waals surface area (Å²) in [5.41, 5.74) is 0.529. The van der Waals surface area contributed by atoms with Crippen molar-refractivity contribution >= 4 is 17.7 Å². The van der Waals surface area contributed by atoms with E-state index in [0.29, 0.717) is 18.1 Å². The van der Waals surface area contributed by atoms with Gasteiger partial charge < -0.3 is 14.8 Å². The molecular formula is C22H31NO5. The van der Waals surface area contributed by atoms with Crippen LogP contribution in [0.3, 0.4) is 0 Å². The Bertz CT molecular complexity index is 647. The third kappa shape index (κ3) is 7.71. The lowest BCUT2D eigenvalue weighted by Crippen LogP contribution is -2.39. The SMILES string of the molecule is CCCOc1ccc(C(=O)CCC(=O)OCC(=O)NC2CCC(C)CC2)cc1. The number of hydrogen-bond acceptors (Lipinski definition) is 5. The first-order valence-corrected chi connectivity index (χ1v) is 10.2. The molecule has 2 rings (SSSR count). The lowest BCUT2D eigenvalue weighted by molar-refractivity contribution is -0.148. The van der Waals surface area contributed by atoms with Crippen LogP contribution in [0.1, 0.15) is 69.2 Å². The van der Waals surface area contributed by atoms with Crippen LogP contribution in [0, 0.1) is 5.92 Å². The lowest BCUT2D eigenvalue weighted by Gasteiger charge is -2.26. The van der Waals surface area contributed by atoms with E-state index in [-0.39, 0.29) is 37.2 Å². The molecule has 1 amide bonds. The van der Waals surface area contributed by atoms with Gasteiger partial charge in [-0.2, -0.15) is 0 Å². The largest absolute Gasteiger partial charge is 0.494 e. The molecule has 1 saturated carbocycles. The van der Waals surface area contributed by atoms with E-state index in [1.807, 2.05) is 6.92 Å². The highest BCUT2D eigenvalue weighted by molar-refractivity contribution is 5.97. The van der Waals surface area contributed by atoms with E-state index in [0.717, 1.165) is 37.9 Å². The number of Topliss-reactive ketones (excluding diaryl/α,β-unsaturated/α-hetero) is 1. The maximum atomic E-state index is 12.2. The minimum atomic E-state index is -0.538. The highest BCUT2D eigenvalue weighted by Gasteiger charge is 2.20. The van der Waals surface area contributed by atoms with E-state index in [9.17, 15) is 14.4 Å². The molecule has 0 unspecified atom stereocenters. The van der Waals surface area contributed by atoms with Crippen molar-refractivity contribution in [1.29, 1.82) is 0 Å². The summed E-state index contributed by atoms with van der Waals surface area (Å²) in [4.78, 5) is 35.9. The van der Waals surface area contributed by atoms with Crippen LogP contribution < -0.4 is 10.1 Å². The summed E-state index contributed by atoms with van der Waals surface area (Å²) in [5.74, 6) is 0.477. The molecule has 1 N–H and O–H groups in total. The summed E-state index contributed by atoms with van der Waals surface area (Å²) in [7, 11) is 0. The zero-order chi connectivity index (χ0) is 20.4. The van der Waals surface area contributed by atoms with Gasteiger partial charge in [-0.25, -0.2) is 0 Å². The molecule has 1 aromatic carbocycles. The van der Waals surface area contributed by atoms with Crippen LogP contribution in [0.5, 0.6) is 5.75 Å². The van der Waals surface area contributed by atoms with Gasteiger partial charge in [0.15, 0.2) is 12.4 Å². The number of carbonyl (C=O) groups excluding carboxylic acids is 3. The van der Waals surface area contributed by atoms with Crippen molar-refractivity contribution in [2.24, 2.45) is 5.92 Å². The lowest BCUT2D eigenvalue weighted by atomic mass is 9.87. The molecule has 0 spiro atoms. The zero-order valence-electron chi connectivity index (χ0n) is 16.9. The number of hydrogen-bond donors (Lipinski definition) is 1. The molecule has 28 heavy (non-hydrogen) atoms. The number of ketones is 1. The molecule has 1 aliphatic rings. The average molecular weight is 389 g/mol. The van der Waals surface area contributed by atoms with E-state index in [2.05, 4.69) is 12.2 Å². The Hall–Kier alpha value is -2.37. The smallest absolute Gasteiger partial charge is 0.306 e. The van der Waals surface area contributed by atoms with Crippen LogP contribution in [0.2, 0.25) is 0 Å². The first-order chi connectivity index (χ1) is 13.5. The fourth-order valence-corrected chi connectivity index (χ4v) is 3.21. The van der Waals surface area contributed by atoms with Crippen molar-refractivity contribution in [3.8, 4) is 5.75 Å². The van der Waals surface area contributed by atoms with Gasteiger partial charge in [0.05, 0.1) is 13.0 Å². The van der Waals surface area contributed by atoms with Gasteiger partial charge in [0, 0.05) is 18.0 Å². The molecule has 0 aromatic heterocycles. The first-order valence-electron chi connectivity index (χ1n) is 10.2. The van der Waals surface area contributed by atoms with Gasteiger partial charge in [-0.05, 0) is 62.3 Å². The molecule has 6 nitrogen and oxygen atoms in total. The molecule has 1 fully saturated rings. The van der Waals surface area contributed by atoms with Crippen molar-refractivity contribution in [3.05, 3.63) is 29.8 Å². The van der Waals surface area contributed by atoms with Crippen LogP contribution in [-0.2, 0) is 14.3 Å². The molecule has 0 aliphatic heterocycles. The van der Waals surface area contributed by atoms with Crippen LogP contribution in [0.15, 0.2) is 24.3 Å². The molecule has 6 heteroatoms. The van der Waals surface area contributed by atoms with Gasteiger partial charge in [-0.3, -0.25) is 14.4 Å². The Morgan fingerprint density at radius 2 is 1.71 bits per heavy atom. The average Bonchev–Trinajstić information content (AvgIpc) is 2.71. The predicted octanol–water partition coefficient (Wildman–Crippen LogP) is 3.68. The first kappa shape index (κ1) is 21.9. The number of esters is 1. The minimum absolute atomic E-state index is 0.0405. The van der Waals surface area contributed by atoms with Crippen molar-refractivity contribution in [2.45, 2.75) is 64.8 Å². The predicted molar refractivity (Wildman–Crippen MR) is 106 cm³/mol. The van der Waals surface area contributed by atoms with Crippen LogP contribution >= 0.6 is 0 Å². The van der Waals surface area contributed by atoms with Crippen molar-refractivity contribution in [3.63, 3.8) is 0 Å². The van der Waals surface area contributed by atoms with E-state index >= 15 is 0 Å². The molecule has 0 saturated heterocycles. The second kappa shape index (κ2) is 11.5. The monoisotopic (exact) mass is 389 g/mol. The number of nitrogens with one attached hydrogen (secondary N) is 1. The zero-order valence-corrected chi connectivity index (χ0v) is 16.9. The summed E-state index contributed by atoms with van der Waals surface area (Å²) >= 11 is 0. The normalized spacial score (nSPS) is 18.9. The quantitative estimate of drug-likeness (QED) is 0.488. The second-order valence-corrected chi connectivity index (χ2v) is 7.48. The molecule has 1 aromatic rings. The summed E-state index contributed by atoms with van der Waals surface area (Å²) in [5, 5.41) is 2.91. The topological polar surface area (TPSA) is 81.7 Å². The molecule has 0 bridgehead atoms. The third-order valence-electron chi connectivity index (χ3n) is 4.95. The molecule has 1 aliphatic carbocycles. The van der Waals surface area contributed by atoms with Crippen LogP contribution in [0.4, 0.5) is 0 Å². The van der Waals surface area contributed by atoms with Gasteiger partial charge >= 0.3 is 5.97 Å². The van der Waals surface area contributed by atoms with Crippen molar-refractivity contribution in [2.75, 3.05) is 13.2 Å². The molecule has 0 heterocycles. The molecule has 154 valence electrons. The van der Waals surface area contributed by atoms with Gasteiger partial charge in [0.1, 0.15) is 5.75 Å². The van der Waals surface area contributed by atoms with Crippen molar-refractivity contribution in [1.82, 2.24) is 5.32 Å². The molecule has 0 radical (unpaired) electrons. The maximum absolute atomic E-state index is 12.2. The summed E-state index contributed by atoms with van der Waals surface area (Å²) in [6.07, 6.45) is 5.09. The molecule has 0 atom stereocenters. The number of amides is 1. The Morgan fingerprint density at radius 1 is 1.04 bits per heavy atom. The van der Waals surface area contributed by atoms with Crippen LogP contribution in [-0.4, -0.2) is 36.9 Å². The van der Waals surface area contributed by atoms with E-state index in [4.69, 9.17) is 9.47 Å². The Labute approximate surface area is 167 Å². The van der Waals surface area contributed by atoms with E-state index in [1.165, 1.54) is 0 Å². The summed E-state index contributed by atoms with van der Waals surface area (Å²) in [6.45, 7) is 4.59. The molecular weight excluding hydrogens is 358 g/mol. The Morgan fingerprint density at radius 3 is 2.36 bits per heavy atom. The maximum Gasteiger partial charge on any atom is 0.306 e. The number of rotatable bonds is 10. The number of ether oxygens (including phenoxy) is 2. The fraction of sp³-hybridized carbons (Fsp3) is 0.591. The highest BCUT2D eigenvalue weighted by Crippen LogP contribution is 2.23. The Balaban J connectivity index is 1.64. The van der Waals surface area contributed by atoms with Gasteiger partial charge in [-0.15, -0.1) is 0 Å². The third-order valence-corrected chi connectivity index (χ3v) is 4.95. The van der Waals surface area contributed by atoms with E-state index in [1.54, 1.807) is 24.3 Å². The standard InChI is InChI=1S/C22H31NO5/c1-3-14-27-19-10-6-17(7-11-19)20(24)12-13-22(26)28-15-21(25)23-18-8-4-16(2)5-9-18/h6-7,10-11,16,18H,3-5,8-9,12-15H2,1-2H3,(H,23,25). The second-order valence-electron chi connectivity index (χ2n) is 7.48.